The second-order valence-electron chi connectivity index (χ2n) is 7.16. The van der Waals surface area contributed by atoms with Crippen molar-refractivity contribution in [3.05, 3.63) is 68.6 Å². The SMILES string of the molecule is Clc1ccc2ccc(Cl)c3c4c(Cl)ccc5ccc(Cl)c(c1c23)c54.O=C(O)O.O=C(O)O.O=C1OC(=O)O1. The van der Waals surface area contributed by atoms with E-state index in [1.54, 1.807) is 0 Å². The van der Waals surface area contributed by atoms with Crippen molar-refractivity contribution in [2.45, 2.75) is 0 Å². The van der Waals surface area contributed by atoms with E-state index in [0.29, 0.717) is 20.1 Å². The highest BCUT2D eigenvalue weighted by Crippen LogP contribution is 2.49. The maximum absolute atomic E-state index is 9.44. The number of benzene rings is 5. The molecule has 0 spiro atoms. The molecule has 0 atom stereocenters. The number of rotatable bonds is 0. The van der Waals surface area contributed by atoms with Gasteiger partial charge < -0.3 is 29.9 Å². The van der Waals surface area contributed by atoms with Gasteiger partial charge in [0.2, 0.25) is 0 Å². The summed E-state index contributed by atoms with van der Waals surface area (Å²) in [6.07, 6.45) is -5.50. The molecule has 1 heterocycles. The van der Waals surface area contributed by atoms with Crippen molar-refractivity contribution >= 4 is 114 Å². The molecule has 5 aromatic carbocycles. The Morgan fingerprint density at radius 1 is 0.474 bits per heavy atom. The summed E-state index contributed by atoms with van der Waals surface area (Å²) in [4.78, 5) is 36.0. The van der Waals surface area contributed by atoms with Gasteiger partial charge in [0.25, 0.3) is 0 Å². The molecule has 14 heteroatoms. The molecule has 0 saturated carbocycles. The Morgan fingerprint density at radius 3 is 0.842 bits per heavy atom. The summed E-state index contributed by atoms with van der Waals surface area (Å²) < 4.78 is 7.28. The van der Waals surface area contributed by atoms with Gasteiger partial charge in [0.15, 0.2) is 0 Å². The first-order chi connectivity index (χ1) is 17.8. The first-order valence-corrected chi connectivity index (χ1v) is 11.4. The molecule has 0 aromatic heterocycles. The Hall–Kier alpha value is -3.96. The van der Waals surface area contributed by atoms with Gasteiger partial charge in [-0.25, -0.2) is 19.2 Å². The first-order valence-electron chi connectivity index (χ1n) is 9.93. The third kappa shape index (κ3) is 5.95. The summed E-state index contributed by atoms with van der Waals surface area (Å²) >= 11 is 26.4. The number of hydrogen-bond acceptors (Lipinski definition) is 6. The topological polar surface area (TPSA) is 168 Å². The average Bonchev–Trinajstić information content (AvgIpc) is 2.80. The molecule has 0 aliphatic carbocycles. The lowest BCUT2D eigenvalue weighted by Crippen LogP contribution is -2.27. The molecule has 10 nitrogen and oxygen atoms in total. The van der Waals surface area contributed by atoms with E-state index in [9.17, 15) is 9.59 Å². The number of hydrogen-bond donors (Lipinski definition) is 4. The molecule has 5 aromatic rings. The minimum absolute atomic E-state index is 0.658. The molecule has 6 rings (SSSR count). The molecule has 1 saturated heterocycles. The van der Waals surface area contributed by atoms with Crippen molar-refractivity contribution in [2.75, 3.05) is 0 Å². The Labute approximate surface area is 231 Å². The maximum Gasteiger partial charge on any atom is 0.528 e. The van der Waals surface area contributed by atoms with Crippen LogP contribution in [-0.2, 0) is 9.47 Å². The number of carbonyl (C=O) groups is 4. The third-order valence-electron chi connectivity index (χ3n) is 5.00. The summed E-state index contributed by atoms with van der Waals surface area (Å²) in [6, 6.07) is 15.6. The van der Waals surface area contributed by atoms with Crippen LogP contribution in [0.3, 0.4) is 0 Å². The summed E-state index contributed by atoms with van der Waals surface area (Å²) in [5.74, 6) is 0. The highest BCUT2D eigenvalue weighted by Gasteiger charge is 2.27. The smallest absolute Gasteiger partial charge is 0.450 e. The second kappa shape index (κ2) is 11.6. The van der Waals surface area contributed by atoms with Crippen LogP contribution in [0.1, 0.15) is 0 Å². The number of halogens is 4. The normalized spacial score (nSPS) is 11.8. The van der Waals surface area contributed by atoms with Gasteiger partial charge in [0.1, 0.15) is 0 Å². The molecule has 4 N–H and O–H groups in total. The number of carbonyl (C=O) groups excluding carboxylic acids is 2. The second-order valence-corrected chi connectivity index (χ2v) is 8.78. The Morgan fingerprint density at radius 2 is 0.684 bits per heavy atom. The standard InChI is InChI=1S/C20H8Cl4.C2O4.2CH2O3/c21-11-5-1-9-2-6-12(22)18-15(9)17(11)19-13(23)7-3-10-4-8-14(24)20(18)16(10)19;3-1-5-2(4)6-1;2*2-1(3)4/h1-8H;;2*(H2,2,3,4). The van der Waals surface area contributed by atoms with Crippen molar-refractivity contribution in [3.63, 3.8) is 0 Å². The minimum atomic E-state index is -1.83. The molecule has 196 valence electrons. The van der Waals surface area contributed by atoms with Gasteiger partial charge in [0.05, 0.1) is 0 Å². The molecule has 0 bridgehead atoms. The van der Waals surface area contributed by atoms with Crippen molar-refractivity contribution < 1.29 is 49.1 Å². The largest absolute Gasteiger partial charge is 0.528 e. The van der Waals surface area contributed by atoms with Crippen molar-refractivity contribution in [1.29, 1.82) is 0 Å². The maximum atomic E-state index is 9.44. The van der Waals surface area contributed by atoms with E-state index in [0.717, 1.165) is 43.1 Å². The fraction of sp³-hybridized carbons (Fsp3) is 0. The van der Waals surface area contributed by atoms with Crippen LogP contribution >= 0.6 is 46.4 Å². The molecule has 38 heavy (non-hydrogen) atoms. The number of cyclic esters (lactones) is 4. The number of fused-ring (bicyclic) bond motifs is 2. The summed E-state index contributed by atoms with van der Waals surface area (Å²) in [7, 11) is 0. The van der Waals surface area contributed by atoms with E-state index in [1.165, 1.54) is 0 Å². The van der Waals surface area contributed by atoms with Crippen LogP contribution < -0.4 is 0 Å². The Balaban J connectivity index is 0.000000236. The minimum Gasteiger partial charge on any atom is -0.450 e. The van der Waals surface area contributed by atoms with E-state index < -0.39 is 24.6 Å². The molecule has 1 fully saturated rings. The summed E-state index contributed by atoms with van der Waals surface area (Å²) in [5.41, 5.74) is 0. The van der Waals surface area contributed by atoms with Gasteiger partial charge >= 0.3 is 24.6 Å². The average molecular weight is 602 g/mol. The number of carboxylic acid groups (broad SMARTS) is 4. The van der Waals surface area contributed by atoms with E-state index in [4.69, 9.17) is 76.4 Å². The first kappa shape index (κ1) is 28.6. The molecular formula is C24H12Cl4O10. The zero-order valence-electron chi connectivity index (χ0n) is 18.4. The van der Waals surface area contributed by atoms with Crippen LogP contribution in [0.25, 0.3) is 43.1 Å². The molecule has 0 unspecified atom stereocenters. The lowest BCUT2D eigenvalue weighted by atomic mass is 9.89. The van der Waals surface area contributed by atoms with Crippen LogP contribution in [0.15, 0.2) is 48.5 Å². The van der Waals surface area contributed by atoms with Crippen molar-refractivity contribution in [1.82, 2.24) is 0 Å². The monoisotopic (exact) mass is 600 g/mol. The zero-order valence-corrected chi connectivity index (χ0v) is 21.4. The Bertz CT molecular complexity index is 1500. The lowest BCUT2D eigenvalue weighted by Gasteiger charge is -2.18. The lowest BCUT2D eigenvalue weighted by molar-refractivity contribution is 0.00673. The third-order valence-corrected chi connectivity index (χ3v) is 6.26. The highest BCUT2D eigenvalue weighted by atomic mass is 35.5. The van der Waals surface area contributed by atoms with E-state index in [2.05, 4.69) is 9.47 Å². The van der Waals surface area contributed by atoms with Gasteiger partial charge in [0, 0.05) is 52.4 Å². The van der Waals surface area contributed by atoms with Crippen molar-refractivity contribution in [3.8, 4) is 0 Å². The summed E-state index contributed by atoms with van der Waals surface area (Å²) in [6.45, 7) is 0. The molecule has 0 amide bonds. The fourth-order valence-corrected chi connectivity index (χ4v) is 4.86. The van der Waals surface area contributed by atoms with Gasteiger partial charge in [-0.2, -0.15) is 0 Å². The molecule has 0 radical (unpaired) electrons. The predicted octanol–water partition coefficient (Wildman–Crippen LogP) is 9.07. The predicted molar refractivity (Wildman–Crippen MR) is 142 cm³/mol. The van der Waals surface area contributed by atoms with Crippen LogP contribution in [0.2, 0.25) is 20.1 Å². The Kier molecular flexibility index (Phi) is 8.74. The van der Waals surface area contributed by atoms with Crippen molar-refractivity contribution in [2.24, 2.45) is 0 Å². The summed E-state index contributed by atoms with van der Waals surface area (Å²) in [5, 5.41) is 38.4. The van der Waals surface area contributed by atoms with Gasteiger partial charge in [-0.15, -0.1) is 0 Å². The van der Waals surface area contributed by atoms with E-state index >= 15 is 0 Å². The number of ether oxygens (including phenoxy) is 2. The van der Waals surface area contributed by atoms with Gasteiger partial charge in [-0.3, -0.25) is 0 Å². The molecular weight excluding hydrogens is 590 g/mol. The highest BCUT2D eigenvalue weighted by molar-refractivity contribution is 6.53. The van der Waals surface area contributed by atoms with E-state index in [1.807, 2.05) is 48.5 Å². The van der Waals surface area contributed by atoms with Crippen LogP contribution in [-0.4, -0.2) is 45.0 Å². The fourth-order valence-electron chi connectivity index (χ4n) is 3.86. The van der Waals surface area contributed by atoms with Crippen LogP contribution in [0.5, 0.6) is 0 Å². The van der Waals surface area contributed by atoms with Gasteiger partial charge in [-0.1, -0.05) is 70.7 Å². The van der Waals surface area contributed by atoms with E-state index in [-0.39, 0.29) is 0 Å². The molecule has 1 aliphatic heterocycles. The van der Waals surface area contributed by atoms with Crippen LogP contribution in [0.4, 0.5) is 19.2 Å². The quantitative estimate of drug-likeness (QED) is 0.0581. The zero-order chi connectivity index (χ0) is 28.3. The van der Waals surface area contributed by atoms with Crippen LogP contribution in [0, 0.1) is 0 Å². The van der Waals surface area contributed by atoms with Gasteiger partial charge in [-0.05, 0) is 35.0 Å². The molecule has 1 aliphatic rings.